The number of benzene rings is 1. The Labute approximate surface area is 184 Å². The zero-order valence-electron chi connectivity index (χ0n) is 18.7. The van der Waals surface area contributed by atoms with E-state index in [9.17, 15) is 0 Å². The Hall–Kier alpha value is -2.65. The molecule has 0 atom stereocenters. The van der Waals surface area contributed by atoms with Crippen LogP contribution in [-0.2, 0) is 24.2 Å². The summed E-state index contributed by atoms with van der Waals surface area (Å²) in [5, 5.41) is 15.1. The third kappa shape index (κ3) is 7.84. The fourth-order valence-corrected chi connectivity index (χ4v) is 3.44. The molecule has 2 aromatic rings. The van der Waals surface area contributed by atoms with Gasteiger partial charge in [-0.3, -0.25) is 4.90 Å². The molecule has 9 heteroatoms. The van der Waals surface area contributed by atoms with E-state index >= 15 is 0 Å². The van der Waals surface area contributed by atoms with Crippen LogP contribution in [0, 0.1) is 0 Å². The first-order valence-corrected chi connectivity index (χ1v) is 11.1. The van der Waals surface area contributed by atoms with E-state index in [1.165, 1.54) is 0 Å². The monoisotopic (exact) mass is 429 g/mol. The average molecular weight is 430 g/mol. The van der Waals surface area contributed by atoms with Gasteiger partial charge in [0.25, 0.3) is 0 Å². The van der Waals surface area contributed by atoms with Crippen molar-refractivity contribution in [1.82, 2.24) is 30.3 Å². The van der Waals surface area contributed by atoms with Crippen molar-refractivity contribution in [3.05, 3.63) is 42.0 Å². The molecule has 0 saturated carbocycles. The van der Waals surface area contributed by atoms with Crippen molar-refractivity contribution in [1.29, 1.82) is 0 Å². The van der Waals surface area contributed by atoms with Crippen LogP contribution in [0.25, 0.3) is 0 Å². The van der Waals surface area contributed by atoms with Crippen molar-refractivity contribution in [3.63, 3.8) is 0 Å². The van der Waals surface area contributed by atoms with Gasteiger partial charge < -0.3 is 24.7 Å². The van der Waals surface area contributed by atoms with Gasteiger partial charge in [0.1, 0.15) is 17.9 Å². The average Bonchev–Trinajstić information content (AvgIpc) is 3.28. The molecule has 0 spiro atoms. The molecule has 1 saturated heterocycles. The SMILES string of the molecule is CCc1nncn1CCNC(=NCc1ccc(OC)cc1)NCCCN1CCOCC1. The lowest BCUT2D eigenvalue weighted by atomic mass is 10.2. The second-order valence-electron chi connectivity index (χ2n) is 7.47. The highest BCUT2D eigenvalue weighted by atomic mass is 16.5. The number of rotatable bonds is 11. The van der Waals surface area contributed by atoms with E-state index < -0.39 is 0 Å². The quantitative estimate of drug-likeness (QED) is 0.316. The van der Waals surface area contributed by atoms with E-state index in [0.29, 0.717) is 6.54 Å². The van der Waals surface area contributed by atoms with Gasteiger partial charge in [0.2, 0.25) is 0 Å². The number of ether oxygens (including phenoxy) is 2. The van der Waals surface area contributed by atoms with E-state index in [-0.39, 0.29) is 0 Å². The summed E-state index contributed by atoms with van der Waals surface area (Å²) in [6.07, 6.45) is 3.72. The largest absolute Gasteiger partial charge is 0.497 e. The van der Waals surface area contributed by atoms with Crippen LogP contribution in [0.5, 0.6) is 5.75 Å². The predicted octanol–water partition coefficient (Wildman–Crippen LogP) is 1.31. The highest BCUT2D eigenvalue weighted by Crippen LogP contribution is 2.11. The van der Waals surface area contributed by atoms with Gasteiger partial charge >= 0.3 is 0 Å². The molecule has 0 amide bonds. The fraction of sp³-hybridized carbons (Fsp3) is 0.591. The van der Waals surface area contributed by atoms with Gasteiger partial charge in [-0.15, -0.1) is 10.2 Å². The zero-order valence-corrected chi connectivity index (χ0v) is 18.7. The second kappa shape index (κ2) is 12.9. The topological polar surface area (TPSA) is 88.8 Å². The van der Waals surface area contributed by atoms with Gasteiger partial charge in [-0.05, 0) is 30.7 Å². The minimum atomic E-state index is 0.607. The van der Waals surface area contributed by atoms with Crippen LogP contribution in [0.3, 0.4) is 0 Å². The van der Waals surface area contributed by atoms with Crippen molar-refractivity contribution in [2.24, 2.45) is 4.99 Å². The maximum atomic E-state index is 5.42. The van der Waals surface area contributed by atoms with Gasteiger partial charge in [0.05, 0.1) is 26.9 Å². The molecule has 0 aliphatic carbocycles. The number of methoxy groups -OCH3 is 1. The van der Waals surface area contributed by atoms with Gasteiger partial charge in [0.15, 0.2) is 5.96 Å². The number of hydrogen-bond donors (Lipinski definition) is 2. The molecule has 1 fully saturated rings. The van der Waals surface area contributed by atoms with Crippen LogP contribution in [0.1, 0.15) is 24.7 Å². The number of morpholine rings is 1. The van der Waals surface area contributed by atoms with Crippen LogP contribution >= 0.6 is 0 Å². The smallest absolute Gasteiger partial charge is 0.191 e. The maximum Gasteiger partial charge on any atom is 0.191 e. The Morgan fingerprint density at radius 1 is 1.13 bits per heavy atom. The summed E-state index contributed by atoms with van der Waals surface area (Å²) in [5.41, 5.74) is 1.14. The van der Waals surface area contributed by atoms with Gasteiger partial charge in [0, 0.05) is 39.1 Å². The molecule has 1 aromatic heterocycles. The summed E-state index contributed by atoms with van der Waals surface area (Å²) in [6, 6.07) is 8.02. The number of nitrogens with one attached hydrogen (secondary N) is 2. The molecule has 1 aromatic carbocycles. The second-order valence-corrected chi connectivity index (χ2v) is 7.47. The van der Waals surface area contributed by atoms with Crippen LogP contribution in [0.15, 0.2) is 35.6 Å². The summed E-state index contributed by atoms with van der Waals surface area (Å²) in [4.78, 5) is 7.22. The Kier molecular flexibility index (Phi) is 9.59. The summed E-state index contributed by atoms with van der Waals surface area (Å²) >= 11 is 0. The Balaban J connectivity index is 1.50. The standard InChI is InChI=1S/C22H35N7O2/c1-3-21-27-26-18-29(21)12-10-24-22(23-9-4-11-28-13-15-31-16-14-28)25-17-19-5-7-20(30-2)8-6-19/h5-8,18H,3-4,9-17H2,1-2H3,(H2,23,24,25). The lowest BCUT2D eigenvalue weighted by Crippen LogP contribution is -2.41. The third-order valence-electron chi connectivity index (χ3n) is 5.28. The van der Waals surface area contributed by atoms with Crippen LogP contribution < -0.4 is 15.4 Å². The molecular weight excluding hydrogens is 394 g/mol. The molecule has 170 valence electrons. The lowest BCUT2D eigenvalue weighted by Gasteiger charge is -2.26. The summed E-state index contributed by atoms with van der Waals surface area (Å²) in [5.74, 6) is 2.67. The van der Waals surface area contributed by atoms with E-state index in [2.05, 4.69) is 37.2 Å². The van der Waals surface area contributed by atoms with Gasteiger partial charge in [-0.1, -0.05) is 19.1 Å². The molecule has 1 aliphatic heterocycles. The molecule has 2 N–H and O–H groups in total. The van der Waals surface area contributed by atoms with Crippen LogP contribution in [0.4, 0.5) is 0 Å². The fourth-order valence-electron chi connectivity index (χ4n) is 3.44. The van der Waals surface area contributed by atoms with Crippen molar-refractivity contribution >= 4 is 5.96 Å². The molecule has 31 heavy (non-hydrogen) atoms. The number of aryl methyl sites for hydroxylation is 1. The number of guanidine groups is 1. The molecule has 2 heterocycles. The molecule has 0 radical (unpaired) electrons. The van der Waals surface area contributed by atoms with E-state index in [4.69, 9.17) is 14.5 Å². The molecular formula is C22H35N7O2. The number of nitrogens with zero attached hydrogens (tertiary/aromatic N) is 5. The number of hydrogen-bond acceptors (Lipinski definition) is 6. The molecule has 0 bridgehead atoms. The summed E-state index contributed by atoms with van der Waals surface area (Å²) in [6.45, 7) is 9.92. The lowest BCUT2D eigenvalue weighted by molar-refractivity contribution is 0.0376. The van der Waals surface area contributed by atoms with E-state index in [1.54, 1.807) is 13.4 Å². The first kappa shape index (κ1) is 23.0. The van der Waals surface area contributed by atoms with Crippen molar-refractivity contribution in [2.45, 2.75) is 32.9 Å². The first-order chi connectivity index (χ1) is 15.3. The highest BCUT2D eigenvalue weighted by molar-refractivity contribution is 5.79. The third-order valence-corrected chi connectivity index (χ3v) is 5.28. The highest BCUT2D eigenvalue weighted by Gasteiger charge is 2.09. The first-order valence-electron chi connectivity index (χ1n) is 11.1. The summed E-state index contributed by atoms with van der Waals surface area (Å²) in [7, 11) is 1.68. The van der Waals surface area contributed by atoms with Gasteiger partial charge in [-0.2, -0.15) is 0 Å². The molecule has 3 rings (SSSR count). The van der Waals surface area contributed by atoms with Crippen molar-refractivity contribution in [3.8, 4) is 5.75 Å². The molecule has 1 aliphatic rings. The Bertz CT molecular complexity index is 785. The van der Waals surface area contributed by atoms with Crippen LogP contribution in [0.2, 0.25) is 0 Å². The molecule has 0 unspecified atom stereocenters. The van der Waals surface area contributed by atoms with E-state index in [0.717, 1.165) is 88.4 Å². The minimum absolute atomic E-state index is 0.607. The summed E-state index contributed by atoms with van der Waals surface area (Å²) < 4.78 is 12.7. The Morgan fingerprint density at radius 2 is 1.90 bits per heavy atom. The predicted molar refractivity (Wildman–Crippen MR) is 121 cm³/mol. The maximum absolute atomic E-state index is 5.42. The normalized spacial score (nSPS) is 15.1. The van der Waals surface area contributed by atoms with Crippen LogP contribution in [-0.4, -0.2) is 78.7 Å². The number of aromatic nitrogens is 3. The number of aliphatic imine (C=N–C) groups is 1. The van der Waals surface area contributed by atoms with Crippen molar-refractivity contribution < 1.29 is 9.47 Å². The minimum Gasteiger partial charge on any atom is -0.497 e. The molecule has 9 nitrogen and oxygen atoms in total. The Morgan fingerprint density at radius 3 is 2.65 bits per heavy atom. The zero-order chi connectivity index (χ0) is 21.7. The van der Waals surface area contributed by atoms with Gasteiger partial charge in [-0.25, -0.2) is 4.99 Å². The van der Waals surface area contributed by atoms with Crippen molar-refractivity contribution in [2.75, 3.05) is 53.0 Å². The van der Waals surface area contributed by atoms with E-state index in [1.807, 2.05) is 24.3 Å².